The van der Waals surface area contributed by atoms with Gasteiger partial charge in [0.05, 0.1) is 15.9 Å². The quantitative estimate of drug-likeness (QED) is 0.922. The Morgan fingerprint density at radius 2 is 2.22 bits per heavy atom. The lowest BCUT2D eigenvalue weighted by Crippen LogP contribution is -2.50. The van der Waals surface area contributed by atoms with Crippen molar-refractivity contribution in [1.29, 1.82) is 0 Å². The molecule has 1 N–H and O–H groups in total. The Balaban J connectivity index is 2.07. The zero-order chi connectivity index (χ0) is 13.1. The van der Waals surface area contributed by atoms with Crippen LogP contribution in [0.3, 0.4) is 0 Å². The minimum absolute atomic E-state index is 0.636. The van der Waals surface area contributed by atoms with Crippen molar-refractivity contribution in [3.8, 4) is 0 Å². The Morgan fingerprint density at radius 1 is 1.44 bits per heavy atom. The van der Waals surface area contributed by atoms with E-state index in [1.807, 2.05) is 11.7 Å². The number of aryl methyl sites for hydroxylation is 2. The van der Waals surface area contributed by atoms with E-state index in [-0.39, 0.29) is 0 Å². The highest BCUT2D eigenvalue weighted by Gasteiger charge is 2.21. The molecule has 1 aliphatic heterocycles. The first-order valence-corrected chi connectivity index (χ1v) is 7.61. The molecule has 0 bridgehead atoms. The molecule has 0 aromatic carbocycles. The lowest BCUT2D eigenvalue weighted by Gasteiger charge is -2.33. The summed E-state index contributed by atoms with van der Waals surface area (Å²) in [7, 11) is 2.04. The van der Waals surface area contributed by atoms with Gasteiger partial charge in [-0.3, -0.25) is 9.58 Å². The van der Waals surface area contributed by atoms with Gasteiger partial charge in [0.15, 0.2) is 0 Å². The molecule has 0 aliphatic carbocycles. The average Bonchev–Trinajstić information content (AvgIpc) is 2.66. The molecule has 1 unspecified atom stereocenters. The van der Waals surface area contributed by atoms with Gasteiger partial charge in [-0.15, -0.1) is 0 Å². The van der Waals surface area contributed by atoms with Crippen molar-refractivity contribution < 1.29 is 0 Å². The fourth-order valence-corrected chi connectivity index (χ4v) is 3.26. The van der Waals surface area contributed by atoms with Crippen LogP contribution in [0.2, 0.25) is 0 Å². The normalized spacial score (nSPS) is 21.4. The Kier molecular flexibility index (Phi) is 4.81. The van der Waals surface area contributed by atoms with Gasteiger partial charge >= 0.3 is 0 Å². The molecule has 102 valence electrons. The number of nitrogens with zero attached hydrogens (tertiary/aromatic N) is 3. The molecule has 2 rings (SSSR count). The Labute approximate surface area is 118 Å². The lowest BCUT2D eigenvalue weighted by atomic mass is 10.1. The van der Waals surface area contributed by atoms with Crippen LogP contribution < -0.4 is 5.32 Å². The molecule has 1 aromatic rings. The third-order valence-corrected chi connectivity index (χ3v) is 4.62. The molecule has 2 heterocycles. The van der Waals surface area contributed by atoms with Crippen molar-refractivity contribution in [3.63, 3.8) is 0 Å². The molecule has 0 spiro atoms. The molecule has 0 saturated carbocycles. The van der Waals surface area contributed by atoms with Crippen molar-refractivity contribution in [2.45, 2.75) is 39.3 Å². The summed E-state index contributed by atoms with van der Waals surface area (Å²) in [5.41, 5.74) is 2.46. The average molecular weight is 315 g/mol. The molecule has 0 amide bonds. The van der Waals surface area contributed by atoms with Gasteiger partial charge in [-0.2, -0.15) is 5.10 Å². The number of halogens is 1. The van der Waals surface area contributed by atoms with Gasteiger partial charge in [-0.1, -0.05) is 13.8 Å². The van der Waals surface area contributed by atoms with Gasteiger partial charge in [0.2, 0.25) is 0 Å². The fraction of sp³-hybridized carbons (Fsp3) is 0.769. The number of aromatic nitrogens is 2. The van der Waals surface area contributed by atoms with Gasteiger partial charge in [-0.25, -0.2) is 0 Å². The van der Waals surface area contributed by atoms with Crippen LogP contribution >= 0.6 is 15.9 Å². The lowest BCUT2D eigenvalue weighted by molar-refractivity contribution is 0.185. The van der Waals surface area contributed by atoms with E-state index in [4.69, 9.17) is 0 Å². The predicted molar refractivity (Wildman–Crippen MR) is 77.6 cm³/mol. The van der Waals surface area contributed by atoms with E-state index in [1.165, 1.54) is 16.6 Å². The van der Waals surface area contributed by atoms with E-state index in [9.17, 15) is 0 Å². The summed E-state index contributed by atoms with van der Waals surface area (Å²) in [5, 5.41) is 8.12. The molecule has 1 aliphatic rings. The van der Waals surface area contributed by atoms with Crippen molar-refractivity contribution in [3.05, 3.63) is 15.9 Å². The minimum Gasteiger partial charge on any atom is -0.311 e. The van der Waals surface area contributed by atoms with Crippen LogP contribution in [0.4, 0.5) is 0 Å². The zero-order valence-electron chi connectivity index (χ0n) is 11.5. The zero-order valence-corrected chi connectivity index (χ0v) is 13.1. The second-order valence-electron chi connectivity index (χ2n) is 4.98. The molecular formula is C13H23BrN4. The molecule has 1 fully saturated rings. The SMILES string of the molecule is CCc1nn(C)c(CN2CCNC(CC)C2)c1Br. The van der Waals surface area contributed by atoms with Crippen molar-refractivity contribution in [2.24, 2.45) is 7.05 Å². The van der Waals surface area contributed by atoms with Crippen LogP contribution in [0.25, 0.3) is 0 Å². The summed E-state index contributed by atoms with van der Waals surface area (Å²) in [5.74, 6) is 0. The maximum absolute atomic E-state index is 4.56. The molecular weight excluding hydrogens is 292 g/mol. The van der Waals surface area contributed by atoms with E-state index >= 15 is 0 Å². The van der Waals surface area contributed by atoms with Crippen LogP contribution in [0, 0.1) is 0 Å². The maximum Gasteiger partial charge on any atom is 0.0767 e. The van der Waals surface area contributed by atoms with Crippen LogP contribution in [0.15, 0.2) is 4.47 Å². The number of nitrogens with one attached hydrogen (secondary N) is 1. The second-order valence-corrected chi connectivity index (χ2v) is 5.77. The summed E-state index contributed by atoms with van der Waals surface area (Å²) in [4.78, 5) is 2.52. The smallest absolute Gasteiger partial charge is 0.0767 e. The molecule has 1 aromatic heterocycles. The van der Waals surface area contributed by atoms with Crippen LogP contribution in [-0.2, 0) is 20.0 Å². The van der Waals surface area contributed by atoms with Crippen LogP contribution in [0.1, 0.15) is 31.7 Å². The van der Waals surface area contributed by atoms with Crippen LogP contribution in [-0.4, -0.2) is 40.4 Å². The molecule has 0 radical (unpaired) electrons. The van der Waals surface area contributed by atoms with Gasteiger partial charge in [-0.05, 0) is 28.8 Å². The third kappa shape index (κ3) is 2.95. The van der Waals surface area contributed by atoms with Crippen LogP contribution in [0.5, 0.6) is 0 Å². The van der Waals surface area contributed by atoms with Crippen molar-refractivity contribution >= 4 is 15.9 Å². The highest BCUT2D eigenvalue weighted by Crippen LogP contribution is 2.23. The molecule has 5 heteroatoms. The van der Waals surface area contributed by atoms with E-state index in [1.54, 1.807) is 0 Å². The number of piperazine rings is 1. The standard InChI is InChI=1S/C13H23BrN4/c1-4-10-8-18(7-6-15-10)9-12-13(14)11(5-2)16-17(12)3/h10,15H,4-9H2,1-3H3. The van der Waals surface area contributed by atoms with E-state index in [2.05, 4.69) is 45.1 Å². The predicted octanol–water partition coefficient (Wildman–Crippen LogP) is 1.93. The van der Waals surface area contributed by atoms with Gasteiger partial charge in [0.1, 0.15) is 0 Å². The van der Waals surface area contributed by atoms with E-state index in [0.717, 1.165) is 38.3 Å². The first-order chi connectivity index (χ1) is 8.65. The highest BCUT2D eigenvalue weighted by molar-refractivity contribution is 9.10. The second kappa shape index (κ2) is 6.17. The first kappa shape index (κ1) is 14.0. The van der Waals surface area contributed by atoms with E-state index < -0.39 is 0 Å². The molecule has 1 saturated heterocycles. The monoisotopic (exact) mass is 314 g/mol. The Bertz CT molecular complexity index is 402. The minimum atomic E-state index is 0.636. The number of hydrogen-bond acceptors (Lipinski definition) is 3. The van der Waals surface area contributed by atoms with Gasteiger partial charge in [0.25, 0.3) is 0 Å². The van der Waals surface area contributed by atoms with Crippen molar-refractivity contribution in [1.82, 2.24) is 20.0 Å². The van der Waals surface area contributed by atoms with E-state index in [0.29, 0.717) is 6.04 Å². The van der Waals surface area contributed by atoms with Gasteiger partial charge < -0.3 is 5.32 Å². The summed E-state index contributed by atoms with van der Waals surface area (Å²) >= 11 is 3.70. The third-order valence-electron chi connectivity index (χ3n) is 3.71. The summed E-state index contributed by atoms with van der Waals surface area (Å²) in [6, 6.07) is 0.636. The fourth-order valence-electron chi connectivity index (χ4n) is 2.51. The summed E-state index contributed by atoms with van der Waals surface area (Å²) in [6.07, 6.45) is 2.18. The number of hydrogen-bond donors (Lipinski definition) is 1. The Morgan fingerprint density at radius 3 is 2.83 bits per heavy atom. The summed E-state index contributed by atoms with van der Waals surface area (Å²) in [6.45, 7) is 8.73. The first-order valence-electron chi connectivity index (χ1n) is 6.81. The largest absolute Gasteiger partial charge is 0.311 e. The molecule has 4 nitrogen and oxygen atoms in total. The number of rotatable bonds is 4. The topological polar surface area (TPSA) is 33.1 Å². The highest BCUT2D eigenvalue weighted by atomic mass is 79.9. The molecule has 18 heavy (non-hydrogen) atoms. The molecule has 1 atom stereocenters. The summed E-state index contributed by atoms with van der Waals surface area (Å²) < 4.78 is 3.21. The van der Waals surface area contributed by atoms with Crippen molar-refractivity contribution in [2.75, 3.05) is 19.6 Å². The maximum atomic E-state index is 4.56. The van der Waals surface area contributed by atoms with Gasteiger partial charge in [0, 0.05) is 39.3 Å². The Hall–Kier alpha value is -0.390.